The van der Waals surface area contributed by atoms with Gasteiger partial charge in [-0.05, 0) is 38.3 Å². The molecule has 0 aromatic carbocycles. The summed E-state index contributed by atoms with van der Waals surface area (Å²) < 4.78 is 7.38. The van der Waals surface area contributed by atoms with E-state index < -0.39 is 42.0 Å². The fraction of sp³-hybridized carbons (Fsp3) is 0.500. The SMILES string of the molecule is Cc1ccc2nc(CN3CCNC(=O)[C@H](C(C)C)NC(=O)[C@H](C)NC(=O)[C@H]([C@@H](C)O)NC(=O)c4cc(on4)C3)cn2c1. The van der Waals surface area contributed by atoms with E-state index in [9.17, 15) is 24.3 Å². The predicted molar refractivity (Wildman–Crippen MR) is 151 cm³/mol. The molecule has 4 amide bonds. The number of carbonyl (C=O) groups excluding carboxylic acids is 4. The number of rotatable bonds is 4. The van der Waals surface area contributed by atoms with E-state index in [-0.39, 0.29) is 30.6 Å². The van der Waals surface area contributed by atoms with Crippen molar-refractivity contribution >= 4 is 29.3 Å². The molecule has 0 aliphatic carbocycles. The van der Waals surface area contributed by atoms with Gasteiger partial charge in [0, 0.05) is 38.1 Å². The Morgan fingerprint density at radius 1 is 1.02 bits per heavy atom. The number of imidazole rings is 1. The number of fused-ring (bicyclic) bond motifs is 3. The molecule has 0 saturated carbocycles. The van der Waals surface area contributed by atoms with Gasteiger partial charge in [-0.1, -0.05) is 25.1 Å². The van der Waals surface area contributed by atoms with Crippen LogP contribution in [0.3, 0.4) is 0 Å². The minimum atomic E-state index is -1.37. The zero-order chi connectivity index (χ0) is 30.6. The van der Waals surface area contributed by atoms with Crippen LogP contribution in [-0.4, -0.2) is 85.5 Å². The predicted octanol–water partition coefficient (Wildman–Crippen LogP) is -0.113. The molecule has 0 saturated heterocycles. The third-order valence-electron chi connectivity index (χ3n) is 6.98. The normalized spacial score (nSPS) is 22.6. The Balaban J connectivity index is 1.61. The molecule has 226 valence electrons. The highest BCUT2D eigenvalue weighted by Gasteiger charge is 2.31. The highest BCUT2D eigenvalue weighted by molar-refractivity contribution is 5.97. The van der Waals surface area contributed by atoms with Crippen molar-refractivity contribution in [3.05, 3.63) is 53.3 Å². The number of aliphatic hydroxyl groups is 1. The molecule has 1 aliphatic heterocycles. The molecule has 1 aliphatic rings. The number of amides is 4. The number of pyridine rings is 1. The molecule has 0 spiro atoms. The lowest BCUT2D eigenvalue weighted by molar-refractivity contribution is -0.133. The monoisotopic (exact) mass is 582 g/mol. The maximum absolute atomic E-state index is 13.1. The third-order valence-corrected chi connectivity index (χ3v) is 6.98. The molecule has 4 atom stereocenters. The van der Waals surface area contributed by atoms with Crippen molar-refractivity contribution < 1.29 is 28.8 Å². The van der Waals surface area contributed by atoms with Gasteiger partial charge in [-0.2, -0.15) is 0 Å². The number of aliphatic hydroxyl groups excluding tert-OH is 1. The minimum Gasteiger partial charge on any atom is -0.391 e. The molecule has 2 bridgehead atoms. The number of aryl methyl sites for hydroxylation is 1. The molecule has 0 unspecified atom stereocenters. The van der Waals surface area contributed by atoms with Crippen LogP contribution >= 0.6 is 0 Å². The molecule has 14 heteroatoms. The minimum absolute atomic E-state index is 0.0772. The molecular formula is C28H38N8O6. The van der Waals surface area contributed by atoms with Crippen molar-refractivity contribution in [2.75, 3.05) is 13.1 Å². The first kappa shape index (κ1) is 30.7. The van der Waals surface area contributed by atoms with E-state index in [1.54, 1.807) is 13.8 Å². The van der Waals surface area contributed by atoms with E-state index in [1.165, 1.54) is 19.9 Å². The lowest BCUT2D eigenvalue weighted by atomic mass is 10.0. The zero-order valence-electron chi connectivity index (χ0n) is 24.4. The summed E-state index contributed by atoms with van der Waals surface area (Å²) in [4.78, 5) is 58.5. The summed E-state index contributed by atoms with van der Waals surface area (Å²) in [6.45, 7) is 9.70. The molecule has 42 heavy (non-hydrogen) atoms. The maximum Gasteiger partial charge on any atom is 0.274 e. The van der Waals surface area contributed by atoms with Crippen LogP contribution in [0.15, 0.2) is 35.1 Å². The van der Waals surface area contributed by atoms with Crippen molar-refractivity contribution in [2.24, 2.45) is 5.92 Å². The quantitative estimate of drug-likeness (QED) is 0.280. The molecule has 4 heterocycles. The zero-order valence-corrected chi connectivity index (χ0v) is 24.4. The largest absolute Gasteiger partial charge is 0.391 e. The van der Waals surface area contributed by atoms with Crippen molar-refractivity contribution in [1.29, 1.82) is 0 Å². The maximum atomic E-state index is 13.1. The second kappa shape index (κ2) is 13.1. The molecule has 4 rings (SSSR count). The van der Waals surface area contributed by atoms with Crippen LogP contribution in [0.5, 0.6) is 0 Å². The first-order valence-corrected chi connectivity index (χ1v) is 13.9. The van der Waals surface area contributed by atoms with Gasteiger partial charge in [0.15, 0.2) is 11.5 Å². The molecule has 0 radical (unpaired) electrons. The summed E-state index contributed by atoms with van der Waals surface area (Å²) in [5.41, 5.74) is 2.60. The summed E-state index contributed by atoms with van der Waals surface area (Å²) in [5.74, 6) is -2.30. The topological polar surface area (TPSA) is 183 Å². The number of nitrogens with zero attached hydrogens (tertiary/aromatic N) is 4. The lowest BCUT2D eigenvalue weighted by Gasteiger charge is -2.26. The Labute approximate surface area is 243 Å². The van der Waals surface area contributed by atoms with E-state index in [0.29, 0.717) is 18.8 Å². The van der Waals surface area contributed by atoms with E-state index >= 15 is 0 Å². The van der Waals surface area contributed by atoms with Gasteiger partial charge in [0.2, 0.25) is 17.7 Å². The van der Waals surface area contributed by atoms with Gasteiger partial charge in [-0.15, -0.1) is 0 Å². The summed E-state index contributed by atoms with van der Waals surface area (Å²) in [7, 11) is 0. The van der Waals surface area contributed by atoms with Crippen molar-refractivity contribution in [1.82, 2.24) is 40.7 Å². The van der Waals surface area contributed by atoms with Gasteiger partial charge in [-0.25, -0.2) is 4.98 Å². The Kier molecular flexibility index (Phi) is 9.58. The van der Waals surface area contributed by atoms with Gasteiger partial charge in [0.25, 0.3) is 5.91 Å². The first-order chi connectivity index (χ1) is 19.9. The Bertz CT molecular complexity index is 1450. The highest BCUT2D eigenvalue weighted by atomic mass is 16.5. The smallest absolute Gasteiger partial charge is 0.274 e. The lowest BCUT2D eigenvalue weighted by Crippen LogP contribution is -2.58. The molecule has 3 aromatic heterocycles. The van der Waals surface area contributed by atoms with Crippen LogP contribution in [-0.2, 0) is 27.5 Å². The first-order valence-electron chi connectivity index (χ1n) is 13.9. The van der Waals surface area contributed by atoms with Gasteiger partial charge in [-0.3, -0.25) is 24.1 Å². The van der Waals surface area contributed by atoms with Crippen LogP contribution in [0, 0.1) is 12.8 Å². The van der Waals surface area contributed by atoms with E-state index in [1.807, 2.05) is 40.8 Å². The van der Waals surface area contributed by atoms with Crippen LogP contribution < -0.4 is 21.3 Å². The highest BCUT2D eigenvalue weighted by Crippen LogP contribution is 2.14. The fourth-order valence-electron chi connectivity index (χ4n) is 4.64. The standard InChI is InChI=1S/C28H38N8O6/c1-15(2)23-27(40)29-8-9-35(12-19-13-36-11-16(3)6-7-22(36)31-19)14-20-10-21(34-42-20)26(39)33-24(18(5)37)28(41)30-17(4)25(38)32-23/h6-7,10-11,13,15,17-18,23-24,37H,8-9,12,14H2,1-5H3,(H,29,40)(H,30,41)(H,32,38)(H,33,39)/t17-,18+,23-,24-/m0/s1. The van der Waals surface area contributed by atoms with Gasteiger partial charge in [0.1, 0.15) is 23.8 Å². The van der Waals surface area contributed by atoms with Gasteiger partial charge in [0.05, 0.1) is 18.3 Å². The molecule has 14 nitrogen and oxygen atoms in total. The molecule has 3 aromatic rings. The summed E-state index contributed by atoms with van der Waals surface area (Å²) in [6, 6.07) is 2.10. The van der Waals surface area contributed by atoms with Crippen LogP contribution in [0.4, 0.5) is 0 Å². The Morgan fingerprint density at radius 2 is 1.79 bits per heavy atom. The summed E-state index contributed by atoms with van der Waals surface area (Å²) in [5, 5.41) is 24.6. The van der Waals surface area contributed by atoms with E-state index in [0.717, 1.165) is 16.9 Å². The van der Waals surface area contributed by atoms with E-state index in [2.05, 4.69) is 31.4 Å². The van der Waals surface area contributed by atoms with Crippen molar-refractivity contribution in [3.63, 3.8) is 0 Å². The number of carbonyl (C=O) groups is 4. The van der Waals surface area contributed by atoms with E-state index in [4.69, 9.17) is 4.52 Å². The van der Waals surface area contributed by atoms with Crippen LogP contribution in [0.2, 0.25) is 0 Å². The Hall–Kier alpha value is -4.30. The molecular weight excluding hydrogens is 544 g/mol. The van der Waals surface area contributed by atoms with Gasteiger partial charge < -0.3 is 35.3 Å². The summed E-state index contributed by atoms with van der Waals surface area (Å²) >= 11 is 0. The Morgan fingerprint density at radius 3 is 2.50 bits per heavy atom. The fourth-order valence-corrected chi connectivity index (χ4v) is 4.64. The average Bonchev–Trinajstić information content (AvgIpc) is 3.55. The number of hydrogen-bond acceptors (Lipinski definition) is 9. The number of nitrogens with one attached hydrogen (secondary N) is 4. The summed E-state index contributed by atoms with van der Waals surface area (Å²) in [6.07, 6.45) is 2.63. The number of aromatic nitrogens is 3. The number of hydrogen-bond donors (Lipinski definition) is 5. The van der Waals surface area contributed by atoms with Crippen LogP contribution in [0.1, 0.15) is 55.2 Å². The van der Waals surface area contributed by atoms with Gasteiger partial charge >= 0.3 is 0 Å². The van der Waals surface area contributed by atoms with Crippen molar-refractivity contribution in [3.8, 4) is 0 Å². The molecule has 5 N–H and O–H groups in total. The van der Waals surface area contributed by atoms with Crippen molar-refractivity contribution in [2.45, 2.75) is 71.9 Å². The van der Waals surface area contributed by atoms with Crippen LogP contribution in [0.25, 0.3) is 5.65 Å². The average molecular weight is 583 g/mol. The second-order valence-electron chi connectivity index (χ2n) is 11.0. The third kappa shape index (κ3) is 7.50. The molecule has 0 fully saturated rings. The second-order valence-corrected chi connectivity index (χ2v) is 11.0.